The number of anilines is 1. The smallest absolute Gasteiger partial charge is 0.249 e. The van der Waals surface area contributed by atoms with E-state index in [0.717, 1.165) is 10.8 Å². The highest BCUT2D eigenvalue weighted by Gasteiger charge is 2.36. The van der Waals surface area contributed by atoms with E-state index in [9.17, 15) is 19.5 Å². The molecule has 1 aliphatic heterocycles. The van der Waals surface area contributed by atoms with Crippen molar-refractivity contribution in [3.05, 3.63) is 42.5 Å². The second kappa shape index (κ2) is 9.02. The summed E-state index contributed by atoms with van der Waals surface area (Å²) in [6.45, 7) is 1.47. The Kier molecular flexibility index (Phi) is 6.46. The van der Waals surface area contributed by atoms with Crippen LogP contribution in [-0.2, 0) is 14.4 Å². The van der Waals surface area contributed by atoms with Crippen molar-refractivity contribution in [2.24, 2.45) is 5.73 Å². The second-order valence-corrected chi connectivity index (χ2v) is 7.27. The summed E-state index contributed by atoms with van der Waals surface area (Å²) < 4.78 is 0. The van der Waals surface area contributed by atoms with E-state index in [1.807, 2.05) is 36.4 Å². The van der Waals surface area contributed by atoms with Gasteiger partial charge in [-0.15, -0.1) is 0 Å². The summed E-state index contributed by atoms with van der Waals surface area (Å²) in [6, 6.07) is 10.7. The minimum atomic E-state index is -1.12. The van der Waals surface area contributed by atoms with Gasteiger partial charge in [0.1, 0.15) is 12.1 Å². The van der Waals surface area contributed by atoms with Crippen molar-refractivity contribution in [1.82, 2.24) is 10.2 Å². The fraction of sp³-hybridized carbons (Fsp3) is 0.381. The number of carbonyl (C=O) groups excluding carboxylic acids is 3. The van der Waals surface area contributed by atoms with Crippen molar-refractivity contribution in [1.29, 1.82) is 0 Å². The number of amides is 3. The molecule has 1 saturated heterocycles. The van der Waals surface area contributed by atoms with Crippen LogP contribution in [0.15, 0.2) is 42.5 Å². The van der Waals surface area contributed by atoms with Crippen molar-refractivity contribution in [3.8, 4) is 0 Å². The average molecular weight is 398 g/mol. The predicted molar refractivity (Wildman–Crippen MR) is 110 cm³/mol. The number of nitrogens with zero attached hydrogens (tertiary/aromatic N) is 1. The zero-order valence-electron chi connectivity index (χ0n) is 16.3. The van der Waals surface area contributed by atoms with Gasteiger partial charge in [0.2, 0.25) is 17.7 Å². The van der Waals surface area contributed by atoms with Gasteiger partial charge in [0.25, 0.3) is 0 Å². The first-order chi connectivity index (χ1) is 13.9. The molecule has 3 rings (SSSR count). The van der Waals surface area contributed by atoms with Crippen LogP contribution in [0.1, 0.15) is 19.8 Å². The average Bonchev–Trinajstić information content (AvgIpc) is 3.20. The van der Waals surface area contributed by atoms with Crippen LogP contribution in [0.3, 0.4) is 0 Å². The number of benzene rings is 2. The van der Waals surface area contributed by atoms with Gasteiger partial charge in [-0.05, 0) is 42.7 Å². The molecule has 0 aliphatic carbocycles. The van der Waals surface area contributed by atoms with Crippen LogP contribution in [-0.4, -0.2) is 59.0 Å². The van der Waals surface area contributed by atoms with Crippen molar-refractivity contribution in [3.63, 3.8) is 0 Å². The number of hydrogen-bond acceptors (Lipinski definition) is 5. The Morgan fingerprint density at radius 2 is 1.93 bits per heavy atom. The van der Waals surface area contributed by atoms with Gasteiger partial charge in [0.05, 0.1) is 12.6 Å². The van der Waals surface area contributed by atoms with Crippen LogP contribution in [0.2, 0.25) is 0 Å². The number of aliphatic hydroxyl groups excluding tert-OH is 1. The molecule has 1 heterocycles. The zero-order valence-corrected chi connectivity index (χ0v) is 16.3. The highest BCUT2D eigenvalue weighted by Crippen LogP contribution is 2.20. The summed E-state index contributed by atoms with van der Waals surface area (Å²) in [4.78, 5) is 38.8. The third-order valence-electron chi connectivity index (χ3n) is 5.06. The molecule has 1 fully saturated rings. The lowest BCUT2D eigenvalue weighted by Crippen LogP contribution is -2.55. The fourth-order valence-electron chi connectivity index (χ4n) is 3.52. The molecule has 0 saturated carbocycles. The Balaban J connectivity index is 1.65. The van der Waals surface area contributed by atoms with Gasteiger partial charge in [0.15, 0.2) is 0 Å². The predicted octanol–water partition coefficient (Wildman–Crippen LogP) is 0.594. The number of hydrogen-bond donors (Lipinski definition) is 4. The topological polar surface area (TPSA) is 125 Å². The van der Waals surface area contributed by atoms with Gasteiger partial charge in [-0.3, -0.25) is 14.4 Å². The molecular formula is C21H26N4O4. The van der Waals surface area contributed by atoms with Gasteiger partial charge < -0.3 is 26.4 Å². The monoisotopic (exact) mass is 398 g/mol. The molecular weight excluding hydrogens is 372 g/mol. The number of fused-ring (bicyclic) bond motifs is 1. The summed E-state index contributed by atoms with van der Waals surface area (Å²) in [5.41, 5.74) is 6.22. The van der Waals surface area contributed by atoms with Gasteiger partial charge in [-0.1, -0.05) is 30.3 Å². The molecule has 0 unspecified atom stereocenters. The molecule has 0 bridgehead atoms. The molecule has 2 aromatic carbocycles. The molecule has 1 aliphatic rings. The maximum Gasteiger partial charge on any atom is 0.249 e. The third kappa shape index (κ3) is 4.72. The van der Waals surface area contributed by atoms with Crippen LogP contribution < -0.4 is 16.4 Å². The van der Waals surface area contributed by atoms with E-state index in [4.69, 9.17) is 5.73 Å². The number of carbonyl (C=O) groups is 3. The van der Waals surface area contributed by atoms with Crippen molar-refractivity contribution in [2.45, 2.75) is 37.9 Å². The standard InChI is InChI=1S/C21H26N4O4/c1-13(22)21(29)25-10-4-7-18(25)20(28)24-17(12-26)19(27)23-16-9-8-14-5-2-3-6-15(14)11-16/h2-3,5-6,8-9,11,13,17-18,26H,4,7,10,12,22H2,1H3,(H,23,27)(H,24,28)/t13-,17-,18-/m0/s1. The molecule has 3 atom stereocenters. The maximum absolute atomic E-state index is 12.6. The third-order valence-corrected chi connectivity index (χ3v) is 5.06. The van der Waals surface area contributed by atoms with Gasteiger partial charge in [0, 0.05) is 12.2 Å². The molecule has 0 radical (unpaired) electrons. The number of nitrogens with one attached hydrogen (secondary N) is 2. The Labute approximate surface area is 169 Å². The van der Waals surface area contributed by atoms with E-state index in [0.29, 0.717) is 25.1 Å². The van der Waals surface area contributed by atoms with E-state index in [-0.39, 0.29) is 5.91 Å². The summed E-state index contributed by atoms with van der Waals surface area (Å²) in [7, 11) is 0. The summed E-state index contributed by atoms with van der Waals surface area (Å²) in [6.07, 6.45) is 1.18. The summed E-state index contributed by atoms with van der Waals surface area (Å²) in [5.74, 6) is -1.30. The molecule has 8 nitrogen and oxygen atoms in total. The van der Waals surface area contributed by atoms with Crippen molar-refractivity contribution >= 4 is 34.2 Å². The van der Waals surface area contributed by atoms with Gasteiger partial charge in [-0.25, -0.2) is 0 Å². The number of rotatable bonds is 6. The Morgan fingerprint density at radius 3 is 2.62 bits per heavy atom. The van der Waals surface area contributed by atoms with Crippen molar-refractivity contribution < 1.29 is 19.5 Å². The van der Waals surface area contributed by atoms with E-state index in [1.165, 1.54) is 4.90 Å². The van der Waals surface area contributed by atoms with Crippen LogP contribution in [0.25, 0.3) is 10.8 Å². The first-order valence-corrected chi connectivity index (χ1v) is 9.67. The Bertz CT molecular complexity index is 914. The summed E-state index contributed by atoms with van der Waals surface area (Å²) >= 11 is 0. The molecule has 5 N–H and O–H groups in total. The normalized spacial score (nSPS) is 18.3. The Morgan fingerprint density at radius 1 is 1.21 bits per heavy atom. The SMILES string of the molecule is C[C@H](N)C(=O)N1CCC[C@H]1C(=O)N[C@@H](CO)C(=O)Nc1ccc2ccccc2c1. The van der Waals surface area contributed by atoms with E-state index < -0.39 is 36.5 Å². The molecule has 2 aromatic rings. The number of likely N-dealkylation sites (tertiary alicyclic amines) is 1. The number of nitrogens with two attached hydrogens (primary N) is 1. The van der Waals surface area contributed by atoms with Gasteiger partial charge >= 0.3 is 0 Å². The molecule has 3 amide bonds. The minimum Gasteiger partial charge on any atom is -0.394 e. The highest BCUT2D eigenvalue weighted by atomic mass is 16.3. The van der Waals surface area contributed by atoms with E-state index in [2.05, 4.69) is 10.6 Å². The first kappa shape index (κ1) is 20.8. The quantitative estimate of drug-likeness (QED) is 0.567. The van der Waals surface area contributed by atoms with Crippen LogP contribution >= 0.6 is 0 Å². The number of aliphatic hydroxyl groups is 1. The Hall–Kier alpha value is -2.97. The lowest BCUT2D eigenvalue weighted by atomic mass is 10.1. The molecule has 154 valence electrons. The minimum absolute atomic E-state index is 0.302. The fourth-order valence-corrected chi connectivity index (χ4v) is 3.52. The van der Waals surface area contributed by atoms with Gasteiger partial charge in [-0.2, -0.15) is 0 Å². The molecule has 0 aromatic heterocycles. The second-order valence-electron chi connectivity index (χ2n) is 7.27. The largest absolute Gasteiger partial charge is 0.394 e. The molecule has 29 heavy (non-hydrogen) atoms. The van der Waals surface area contributed by atoms with Crippen molar-refractivity contribution in [2.75, 3.05) is 18.5 Å². The van der Waals surface area contributed by atoms with E-state index >= 15 is 0 Å². The lowest BCUT2D eigenvalue weighted by Gasteiger charge is -2.27. The van der Waals surface area contributed by atoms with Crippen LogP contribution in [0.4, 0.5) is 5.69 Å². The molecule has 8 heteroatoms. The maximum atomic E-state index is 12.6. The summed E-state index contributed by atoms with van der Waals surface area (Å²) in [5, 5.41) is 16.9. The molecule has 0 spiro atoms. The lowest BCUT2D eigenvalue weighted by molar-refractivity contribution is -0.140. The van der Waals surface area contributed by atoms with Crippen LogP contribution in [0.5, 0.6) is 0 Å². The van der Waals surface area contributed by atoms with E-state index in [1.54, 1.807) is 13.0 Å². The first-order valence-electron chi connectivity index (χ1n) is 9.67. The van der Waals surface area contributed by atoms with Crippen LogP contribution in [0, 0.1) is 0 Å². The zero-order chi connectivity index (χ0) is 21.0. The highest BCUT2D eigenvalue weighted by molar-refractivity contribution is 6.00.